The molecule has 0 aromatic carbocycles. The van der Waals surface area contributed by atoms with E-state index < -0.39 is 17.9 Å². The van der Waals surface area contributed by atoms with Crippen molar-refractivity contribution in [1.29, 1.82) is 0 Å². The lowest BCUT2D eigenvalue weighted by atomic mass is 9.92. The fourth-order valence-corrected chi connectivity index (χ4v) is 2.02. The van der Waals surface area contributed by atoms with Gasteiger partial charge in [0.25, 0.3) is 0 Å². The number of amides is 2. The molecule has 0 aromatic heterocycles. The molecule has 3 N–H and O–H groups in total. The zero-order valence-corrected chi connectivity index (χ0v) is 12.6. The summed E-state index contributed by atoms with van der Waals surface area (Å²) in [6, 6.07) is -0.658. The van der Waals surface area contributed by atoms with Gasteiger partial charge in [-0.15, -0.1) is 0 Å². The molecule has 0 aliphatic rings. The first-order valence-corrected chi connectivity index (χ1v) is 6.91. The van der Waals surface area contributed by atoms with Crippen molar-refractivity contribution in [2.75, 3.05) is 0 Å². The maximum absolute atomic E-state index is 12.1. The highest BCUT2D eigenvalue weighted by Crippen LogP contribution is 2.16. The molecule has 0 aromatic rings. The standard InChI is InChI=1S/C14H25N2O4/c1-9(2)5-11(7-13(18)16-20)14(19)15-12(8-17)6-10(3)4/h9-12,20H,5-7H2,1-4H3,(H,15,19)(H,16,18)/t11?,12-/m0/s1. The lowest BCUT2D eigenvalue weighted by molar-refractivity contribution is -0.135. The first-order valence-electron chi connectivity index (χ1n) is 6.91. The van der Waals surface area contributed by atoms with Gasteiger partial charge in [0.05, 0.1) is 6.04 Å². The van der Waals surface area contributed by atoms with E-state index in [4.69, 9.17) is 5.21 Å². The van der Waals surface area contributed by atoms with Gasteiger partial charge in [-0.05, 0) is 24.7 Å². The molecular formula is C14H25N2O4. The summed E-state index contributed by atoms with van der Waals surface area (Å²) in [4.78, 5) is 34.2. The molecule has 1 radical (unpaired) electrons. The third-order valence-electron chi connectivity index (χ3n) is 2.85. The average molecular weight is 285 g/mol. The van der Waals surface area contributed by atoms with Crippen molar-refractivity contribution in [3.63, 3.8) is 0 Å². The van der Waals surface area contributed by atoms with Crippen molar-refractivity contribution in [3.05, 3.63) is 0 Å². The Balaban J connectivity index is 4.66. The van der Waals surface area contributed by atoms with Gasteiger partial charge in [0.1, 0.15) is 0 Å². The molecular weight excluding hydrogens is 260 g/mol. The van der Waals surface area contributed by atoms with Crippen LogP contribution in [0, 0.1) is 17.8 Å². The molecule has 0 aliphatic carbocycles. The van der Waals surface area contributed by atoms with Crippen LogP contribution >= 0.6 is 0 Å². The summed E-state index contributed by atoms with van der Waals surface area (Å²) in [5, 5.41) is 11.2. The van der Waals surface area contributed by atoms with Crippen molar-refractivity contribution in [2.45, 2.75) is 53.0 Å². The summed E-state index contributed by atoms with van der Waals surface area (Å²) in [5.41, 5.74) is 1.53. The summed E-state index contributed by atoms with van der Waals surface area (Å²) >= 11 is 0. The van der Waals surface area contributed by atoms with Gasteiger partial charge >= 0.3 is 0 Å². The van der Waals surface area contributed by atoms with E-state index in [1.54, 1.807) is 0 Å². The molecule has 2 atom stereocenters. The second kappa shape index (κ2) is 9.47. The highest BCUT2D eigenvalue weighted by atomic mass is 16.5. The largest absolute Gasteiger partial charge is 0.346 e. The Kier molecular flexibility index (Phi) is 8.79. The van der Waals surface area contributed by atoms with Gasteiger partial charge in [-0.3, -0.25) is 19.6 Å². The van der Waals surface area contributed by atoms with E-state index in [2.05, 4.69) is 5.32 Å². The lowest BCUT2D eigenvalue weighted by Crippen LogP contribution is -2.42. The number of hydrogen-bond donors (Lipinski definition) is 3. The van der Waals surface area contributed by atoms with E-state index in [9.17, 15) is 14.4 Å². The van der Waals surface area contributed by atoms with Crippen LogP contribution in [-0.4, -0.2) is 29.3 Å². The van der Waals surface area contributed by atoms with Gasteiger partial charge in [0, 0.05) is 12.3 Å². The minimum absolute atomic E-state index is 0.103. The van der Waals surface area contributed by atoms with Crippen LogP contribution in [0.25, 0.3) is 0 Å². The minimum atomic E-state index is -0.658. The van der Waals surface area contributed by atoms with E-state index in [0.717, 1.165) is 0 Å². The minimum Gasteiger partial charge on any atom is -0.346 e. The smallest absolute Gasteiger partial charge is 0.244 e. The molecule has 6 nitrogen and oxygen atoms in total. The summed E-state index contributed by atoms with van der Waals surface area (Å²) < 4.78 is 0. The van der Waals surface area contributed by atoms with Crippen molar-refractivity contribution in [3.8, 4) is 0 Å². The Morgan fingerprint density at radius 1 is 1.10 bits per heavy atom. The van der Waals surface area contributed by atoms with Gasteiger partial charge in [-0.2, -0.15) is 0 Å². The van der Waals surface area contributed by atoms with Gasteiger partial charge < -0.3 is 5.32 Å². The second-order valence-corrected chi connectivity index (χ2v) is 5.87. The molecule has 2 amide bonds. The number of carbonyl (C=O) groups excluding carboxylic acids is 3. The van der Waals surface area contributed by atoms with Crippen LogP contribution in [0.15, 0.2) is 0 Å². The van der Waals surface area contributed by atoms with Gasteiger partial charge in [-0.1, -0.05) is 27.7 Å². The molecule has 0 heterocycles. The van der Waals surface area contributed by atoms with Crippen LogP contribution in [0.2, 0.25) is 0 Å². The van der Waals surface area contributed by atoms with Crippen LogP contribution < -0.4 is 10.8 Å². The van der Waals surface area contributed by atoms with Crippen molar-refractivity contribution >= 4 is 18.1 Å². The van der Waals surface area contributed by atoms with E-state index in [-0.39, 0.29) is 24.2 Å². The SMILES string of the molecule is CC(C)CC(CC(=O)NO)C(=O)N[C@H]([C]=O)CC(C)C. The van der Waals surface area contributed by atoms with Crippen molar-refractivity contribution < 1.29 is 19.6 Å². The predicted octanol–water partition coefficient (Wildman–Crippen LogP) is 1.18. The Hall–Kier alpha value is -1.43. The summed E-state index contributed by atoms with van der Waals surface area (Å²) in [6.45, 7) is 7.77. The number of rotatable bonds is 9. The summed E-state index contributed by atoms with van der Waals surface area (Å²) in [6.07, 6.45) is 2.72. The Morgan fingerprint density at radius 2 is 1.65 bits per heavy atom. The Morgan fingerprint density at radius 3 is 2.05 bits per heavy atom. The summed E-state index contributed by atoms with van der Waals surface area (Å²) in [5.74, 6) is -1.05. The number of hydroxylamine groups is 1. The Bertz CT molecular complexity index is 329. The highest BCUT2D eigenvalue weighted by molar-refractivity contribution is 5.86. The Labute approximate surface area is 120 Å². The molecule has 0 spiro atoms. The molecule has 0 bridgehead atoms. The number of nitrogens with one attached hydrogen (secondary N) is 2. The molecule has 0 saturated heterocycles. The fourth-order valence-electron chi connectivity index (χ4n) is 2.02. The highest BCUT2D eigenvalue weighted by Gasteiger charge is 2.25. The van der Waals surface area contributed by atoms with E-state index >= 15 is 0 Å². The number of hydrogen-bond acceptors (Lipinski definition) is 4. The zero-order valence-electron chi connectivity index (χ0n) is 12.6. The maximum atomic E-state index is 12.1. The number of carbonyl (C=O) groups is 2. The quantitative estimate of drug-likeness (QED) is 0.438. The third kappa shape index (κ3) is 7.89. The van der Waals surface area contributed by atoms with Crippen LogP contribution in [0.4, 0.5) is 0 Å². The van der Waals surface area contributed by atoms with Gasteiger partial charge in [0.15, 0.2) is 0 Å². The molecule has 0 aliphatic heterocycles. The molecule has 0 fully saturated rings. The molecule has 0 saturated carbocycles. The predicted molar refractivity (Wildman–Crippen MR) is 74.6 cm³/mol. The maximum Gasteiger partial charge on any atom is 0.244 e. The molecule has 20 heavy (non-hydrogen) atoms. The van der Waals surface area contributed by atoms with E-state index in [1.807, 2.05) is 34.0 Å². The first kappa shape index (κ1) is 18.6. The normalized spacial score (nSPS) is 13.9. The second-order valence-electron chi connectivity index (χ2n) is 5.87. The van der Waals surface area contributed by atoms with Crippen LogP contribution in [0.5, 0.6) is 0 Å². The topological polar surface area (TPSA) is 95.5 Å². The first-order chi connectivity index (χ1) is 9.29. The fraction of sp³-hybridized carbons (Fsp3) is 0.786. The van der Waals surface area contributed by atoms with Gasteiger partial charge in [-0.25, -0.2) is 5.48 Å². The van der Waals surface area contributed by atoms with E-state index in [0.29, 0.717) is 12.8 Å². The molecule has 6 heteroatoms. The van der Waals surface area contributed by atoms with Crippen LogP contribution in [-0.2, 0) is 14.4 Å². The van der Waals surface area contributed by atoms with Crippen molar-refractivity contribution in [1.82, 2.24) is 10.8 Å². The van der Waals surface area contributed by atoms with E-state index in [1.165, 1.54) is 5.48 Å². The average Bonchev–Trinajstić information content (AvgIpc) is 2.35. The monoisotopic (exact) mass is 285 g/mol. The lowest BCUT2D eigenvalue weighted by Gasteiger charge is -2.21. The van der Waals surface area contributed by atoms with Gasteiger partial charge in [0.2, 0.25) is 18.1 Å². The summed E-state index contributed by atoms with van der Waals surface area (Å²) in [7, 11) is 0. The molecule has 115 valence electrons. The molecule has 0 rings (SSSR count). The molecule has 1 unspecified atom stereocenters. The third-order valence-corrected chi connectivity index (χ3v) is 2.85. The van der Waals surface area contributed by atoms with Crippen LogP contribution in [0.3, 0.4) is 0 Å². The zero-order chi connectivity index (χ0) is 15.7. The van der Waals surface area contributed by atoms with Crippen LogP contribution in [0.1, 0.15) is 47.0 Å². The van der Waals surface area contributed by atoms with Crippen molar-refractivity contribution in [2.24, 2.45) is 17.8 Å².